The Morgan fingerprint density at radius 3 is 1.75 bits per heavy atom. The second-order valence-corrected chi connectivity index (χ2v) is 20.5. The zero-order valence-corrected chi connectivity index (χ0v) is 42.4. The maximum absolute atomic E-state index is 6.74. The number of hydrogen-bond donors (Lipinski definition) is 0. The van der Waals surface area contributed by atoms with Crippen LogP contribution in [0.25, 0.3) is 72.6 Å². The summed E-state index contributed by atoms with van der Waals surface area (Å²) >= 11 is 0. The van der Waals surface area contributed by atoms with E-state index in [9.17, 15) is 0 Å². The first kappa shape index (κ1) is 46.2. The number of ether oxygens (including phenoxy) is 1. The van der Waals surface area contributed by atoms with Gasteiger partial charge in [-0.3, -0.25) is 0 Å². The molecular weight excluding hydrogens is 1010 g/mol. The second-order valence-electron chi connectivity index (χ2n) is 20.5. The normalized spacial score (nSPS) is 12.1. The van der Waals surface area contributed by atoms with E-state index in [1.807, 2.05) is 39.7 Å². The summed E-state index contributed by atoms with van der Waals surface area (Å²) < 4.78 is 12.9. The number of aromatic nitrogens is 5. The molecule has 3 heterocycles. The Kier molecular flexibility index (Phi) is 12.2. The molecule has 3 aromatic heterocycles. The fourth-order valence-electron chi connectivity index (χ4n) is 8.78. The Morgan fingerprint density at radius 2 is 1.12 bits per heavy atom. The summed E-state index contributed by atoms with van der Waals surface area (Å²) in [6.45, 7) is 20.2. The van der Waals surface area contributed by atoms with Gasteiger partial charge in [0, 0.05) is 49.8 Å². The average Bonchev–Trinajstić information content (AvgIpc) is 3.91. The van der Waals surface area contributed by atoms with Crippen LogP contribution in [-0.2, 0) is 37.3 Å². The van der Waals surface area contributed by atoms with Crippen molar-refractivity contribution in [3.8, 4) is 62.3 Å². The van der Waals surface area contributed by atoms with Gasteiger partial charge in [0.15, 0.2) is 5.82 Å². The fraction of sp³-hybridized carbons (Fsp3) is 0.197. The number of hydrogen-bond acceptors (Lipinski definition) is 3. The molecule has 0 aliphatic carbocycles. The van der Waals surface area contributed by atoms with Crippen molar-refractivity contribution >= 4 is 21.8 Å². The van der Waals surface area contributed by atoms with Crippen molar-refractivity contribution in [2.75, 3.05) is 0 Å². The largest absolute Gasteiger partial charge is 0.510 e. The van der Waals surface area contributed by atoms with E-state index in [1.54, 1.807) is 0 Å². The van der Waals surface area contributed by atoms with Crippen molar-refractivity contribution in [1.29, 1.82) is 0 Å². The van der Waals surface area contributed by atoms with Crippen LogP contribution in [0.15, 0.2) is 170 Å². The molecule has 0 N–H and O–H groups in total. The van der Waals surface area contributed by atoms with Crippen molar-refractivity contribution in [2.45, 2.75) is 78.6 Å². The topological polar surface area (TPSA) is 48.8 Å². The smallest absolute Gasteiger partial charge is 0.272 e. The van der Waals surface area contributed by atoms with Gasteiger partial charge in [0.05, 0.1) is 5.69 Å². The van der Waals surface area contributed by atoms with E-state index in [-0.39, 0.29) is 37.3 Å². The molecule has 6 nitrogen and oxygen atoms in total. The van der Waals surface area contributed by atoms with Crippen LogP contribution in [0, 0.1) is 18.5 Å². The predicted octanol–water partition coefficient (Wildman–Crippen LogP) is 14.7. The molecule has 0 fully saturated rings. The zero-order valence-electron chi connectivity index (χ0n) is 40.1. The molecule has 0 saturated carbocycles. The SMILES string of the molecule is CC(C)(C)c1cc(-[n+]2[c-]n(-c3[c-]c(Oc4[c-]c5c(cc4)c4ccccc4n5-c4cc(C(C)(C)C)ccn4)ccc3)c(-c3c(-c4ccccc4)cccc3-c3ccccc3)n2)cc(C(C)(C)C)c1.[Pt]. The third-order valence-electron chi connectivity index (χ3n) is 12.6. The van der Waals surface area contributed by atoms with Gasteiger partial charge in [0.25, 0.3) is 6.33 Å². The Hall–Kier alpha value is -6.88. The number of nitrogens with zero attached hydrogens (tertiary/aromatic N) is 5. The van der Waals surface area contributed by atoms with E-state index in [2.05, 4.69) is 225 Å². The summed E-state index contributed by atoms with van der Waals surface area (Å²) in [5, 5.41) is 7.72. The Bertz CT molecular complexity index is 3350. The van der Waals surface area contributed by atoms with E-state index in [1.165, 1.54) is 16.7 Å². The van der Waals surface area contributed by atoms with Crippen molar-refractivity contribution in [3.63, 3.8) is 0 Å². The van der Waals surface area contributed by atoms with Gasteiger partial charge in [-0.2, -0.15) is 22.9 Å². The molecule has 0 bridgehead atoms. The van der Waals surface area contributed by atoms with Gasteiger partial charge >= 0.3 is 0 Å². The van der Waals surface area contributed by atoms with E-state index < -0.39 is 0 Å². The molecule has 0 spiro atoms. The Morgan fingerprint density at radius 1 is 0.529 bits per heavy atom. The van der Waals surface area contributed by atoms with Crippen molar-refractivity contribution < 1.29 is 30.5 Å². The van der Waals surface area contributed by atoms with Gasteiger partial charge in [-0.1, -0.05) is 189 Å². The summed E-state index contributed by atoms with van der Waals surface area (Å²) in [5.74, 6) is 2.65. The molecule has 0 saturated heterocycles. The first-order chi connectivity index (χ1) is 32.1. The summed E-state index contributed by atoms with van der Waals surface area (Å²) in [6, 6.07) is 64.5. The zero-order chi connectivity index (χ0) is 46.7. The standard InChI is InChI=1S/C61H55N5O.Pt/c1-59(2,3)43-32-33-62-56(37-43)66-54-29-17-16-26-52(54)53-31-30-49(39-55(53)66)67-48-25-18-24-46(38-48)64-40-65(47-35-44(60(4,5)6)34-45(36-47)61(7,8)9)63-58(64)57-50(41-20-12-10-13-21-41)27-19-28-51(57)42-22-14-11-15-23-42;/h10-37H,1-9H3;/q-2;. The van der Waals surface area contributed by atoms with Gasteiger partial charge in [-0.05, 0) is 78.8 Å². The molecule has 0 unspecified atom stereocenters. The van der Waals surface area contributed by atoms with Crippen molar-refractivity contribution in [1.82, 2.24) is 19.2 Å². The van der Waals surface area contributed by atoms with Crippen LogP contribution in [0.4, 0.5) is 0 Å². The summed E-state index contributed by atoms with van der Waals surface area (Å²) in [4.78, 5) is 4.88. The van der Waals surface area contributed by atoms with Crippen LogP contribution in [0.1, 0.15) is 79.0 Å². The summed E-state index contributed by atoms with van der Waals surface area (Å²) in [7, 11) is 0. The van der Waals surface area contributed by atoms with E-state index in [0.717, 1.165) is 66.8 Å². The summed E-state index contributed by atoms with van der Waals surface area (Å²) in [6.07, 6.45) is 5.61. The number of pyridine rings is 1. The van der Waals surface area contributed by atoms with E-state index in [0.29, 0.717) is 17.3 Å². The molecule has 68 heavy (non-hydrogen) atoms. The molecule has 0 atom stereocenters. The monoisotopic (exact) mass is 1070 g/mol. The van der Waals surface area contributed by atoms with Gasteiger partial charge in [-0.15, -0.1) is 34.8 Å². The quantitative estimate of drug-likeness (QED) is 0.113. The predicted molar refractivity (Wildman–Crippen MR) is 273 cm³/mol. The number of para-hydroxylation sites is 1. The molecule has 0 radical (unpaired) electrons. The Labute approximate surface area is 415 Å². The van der Waals surface area contributed by atoms with Gasteiger partial charge in [-0.25, -0.2) is 4.98 Å². The van der Waals surface area contributed by atoms with Crippen LogP contribution in [-0.4, -0.2) is 19.2 Å². The number of rotatable bonds is 8. The van der Waals surface area contributed by atoms with Crippen LogP contribution in [0.3, 0.4) is 0 Å². The molecule has 0 aliphatic rings. The average molecular weight is 1070 g/mol. The van der Waals surface area contributed by atoms with Gasteiger partial charge in [0.1, 0.15) is 5.82 Å². The van der Waals surface area contributed by atoms with Crippen molar-refractivity contribution in [2.24, 2.45) is 0 Å². The fourth-order valence-corrected chi connectivity index (χ4v) is 8.78. The minimum Gasteiger partial charge on any atom is -0.510 e. The second kappa shape index (κ2) is 18.0. The summed E-state index contributed by atoms with van der Waals surface area (Å²) in [5.41, 5.74) is 12.3. The van der Waals surface area contributed by atoms with Gasteiger partial charge in [0.2, 0.25) is 0 Å². The molecule has 7 aromatic carbocycles. The molecule has 0 aliphatic heterocycles. The Balaban J connectivity index is 0.00000578. The molecule has 7 heteroatoms. The third-order valence-corrected chi connectivity index (χ3v) is 12.6. The minimum atomic E-state index is -0.0941. The molecule has 10 aromatic rings. The van der Waals surface area contributed by atoms with Crippen LogP contribution in [0.2, 0.25) is 0 Å². The van der Waals surface area contributed by atoms with E-state index in [4.69, 9.17) is 14.8 Å². The number of benzene rings is 7. The maximum Gasteiger partial charge on any atom is 0.272 e. The first-order valence-electron chi connectivity index (χ1n) is 23.1. The molecule has 342 valence electrons. The molecule has 10 rings (SSSR count). The molecular formula is C61H55N5OPt-2. The van der Waals surface area contributed by atoms with Gasteiger partial charge < -0.3 is 13.9 Å². The van der Waals surface area contributed by atoms with Crippen LogP contribution < -0.4 is 9.42 Å². The maximum atomic E-state index is 6.74. The van der Waals surface area contributed by atoms with E-state index >= 15 is 0 Å². The van der Waals surface area contributed by atoms with Crippen molar-refractivity contribution in [3.05, 3.63) is 205 Å². The first-order valence-corrected chi connectivity index (χ1v) is 23.1. The third kappa shape index (κ3) is 8.98. The number of fused-ring (bicyclic) bond motifs is 3. The van der Waals surface area contributed by atoms with Crippen LogP contribution >= 0.6 is 0 Å². The molecule has 0 amide bonds. The van der Waals surface area contributed by atoms with Crippen LogP contribution in [0.5, 0.6) is 11.5 Å². The minimum absolute atomic E-state index is 0.